The zero-order chi connectivity index (χ0) is 22.7. The van der Waals surface area contributed by atoms with E-state index in [2.05, 4.69) is 24.8 Å². The molecule has 2 saturated heterocycles. The van der Waals surface area contributed by atoms with Gasteiger partial charge in [-0.25, -0.2) is 0 Å². The van der Waals surface area contributed by atoms with E-state index in [4.69, 9.17) is 12.2 Å². The van der Waals surface area contributed by atoms with Crippen LogP contribution in [0.3, 0.4) is 0 Å². The Hall–Kier alpha value is -2.11. The van der Waals surface area contributed by atoms with Gasteiger partial charge in [0.05, 0.1) is 4.91 Å². The molecule has 1 atom stereocenters. The molecule has 31 heavy (non-hydrogen) atoms. The van der Waals surface area contributed by atoms with Crippen molar-refractivity contribution in [1.29, 1.82) is 5.26 Å². The van der Waals surface area contributed by atoms with Crippen LogP contribution in [0.25, 0.3) is 6.08 Å². The molecule has 0 saturated carbocycles. The molecule has 2 aliphatic rings. The smallest absolute Gasteiger partial charge is 0.270 e. The van der Waals surface area contributed by atoms with Crippen LogP contribution in [0.15, 0.2) is 9.70 Å². The summed E-state index contributed by atoms with van der Waals surface area (Å²) in [5.41, 5.74) is 1.34. The number of hydrogen-bond donors (Lipinski definition) is 0. The third-order valence-electron chi connectivity index (χ3n) is 6.00. The average molecular weight is 459 g/mol. The van der Waals surface area contributed by atoms with Gasteiger partial charge in [0.2, 0.25) is 0 Å². The first-order valence-electron chi connectivity index (χ1n) is 11.0. The number of nitriles is 1. The summed E-state index contributed by atoms with van der Waals surface area (Å²) >= 11 is 6.67. The molecule has 0 aliphatic carbocycles. The number of amides is 1. The minimum Gasteiger partial charge on any atom is -0.357 e. The molecular formula is C23H30N4O2S2. The van der Waals surface area contributed by atoms with Crippen molar-refractivity contribution < 1.29 is 4.79 Å². The van der Waals surface area contributed by atoms with E-state index in [9.17, 15) is 14.9 Å². The summed E-state index contributed by atoms with van der Waals surface area (Å²) in [6.45, 7) is 10.8. The Bertz CT molecular complexity index is 1020. The molecule has 2 fully saturated rings. The molecule has 0 radical (unpaired) electrons. The molecule has 0 spiro atoms. The van der Waals surface area contributed by atoms with Crippen LogP contribution in [0.4, 0.5) is 5.82 Å². The van der Waals surface area contributed by atoms with Crippen molar-refractivity contribution in [2.45, 2.75) is 59.9 Å². The van der Waals surface area contributed by atoms with Gasteiger partial charge in [0.1, 0.15) is 21.8 Å². The van der Waals surface area contributed by atoms with E-state index in [0.717, 1.165) is 50.2 Å². The maximum atomic E-state index is 13.3. The maximum Gasteiger partial charge on any atom is 0.270 e. The standard InChI is InChI=1S/C23H30N4O2S2/c1-5-7-11-27-20(25-10-8-9-15(3)14-25)17(16(4)18(13-24)21(27)28)12-19-22(29)26(6-2)23(30)31-19/h12,15H,5-11,14H2,1-4H3/b19-12+. The van der Waals surface area contributed by atoms with Crippen LogP contribution in [0.5, 0.6) is 0 Å². The number of hydrogen-bond acceptors (Lipinski definition) is 6. The predicted octanol–water partition coefficient (Wildman–Crippen LogP) is 4.29. The molecular weight excluding hydrogens is 428 g/mol. The summed E-state index contributed by atoms with van der Waals surface area (Å²) in [6.07, 6.45) is 5.86. The number of aromatic nitrogens is 1. The lowest BCUT2D eigenvalue weighted by Crippen LogP contribution is -2.40. The average Bonchev–Trinajstić information content (AvgIpc) is 3.01. The molecule has 0 bridgehead atoms. The number of thiocarbonyl (C=S) groups is 1. The van der Waals surface area contributed by atoms with E-state index >= 15 is 0 Å². The minimum absolute atomic E-state index is 0.111. The Labute approximate surface area is 193 Å². The number of rotatable bonds is 6. The lowest BCUT2D eigenvalue weighted by Gasteiger charge is -2.36. The first kappa shape index (κ1) is 23.6. The highest BCUT2D eigenvalue weighted by Crippen LogP contribution is 2.36. The van der Waals surface area contributed by atoms with Crippen molar-refractivity contribution in [3.63, 3.8) is 0 Å². The summed E-state index contributed by atoms with van der Waals surface area (Å²) in [6, 6.07) is 2.12. The van der Waals surface area contributed by atoms with Gasteiger partial charge in [-0.1, -0.05) is 44.2 Å². The number of nitrogens with zero attached hydrogens (tertiary/aromatic N) is 4. The van der Waals surface area contributed by atoms with Gasteiger partial charge in [0.25, 0.3) is 11.5 Å². The molecule has 0 aromatic carbocycles. The van der Waals surface area contributed by atoms with Crippen LogP contribution in [0, 0.1) is 24.2 Å². The summed E-state index contributed by atoms with van der Waals surface area (Å²) in [7, 11) is 0. The van der Waals surface area contributed by atoms with E-state index in [1.165, 1.54) is 11.8 Å². The molecule has 3 heterocycles. The first-order chi connectivity index (χ1) is 14.8. The van der Waals surface area contributed by atoms with Gasteiger partial charge in [-0.3, -0.25) is 19.1 Å². The molecule has 0 N–H and O–H groups in total. The maximum absolute atomic E-state index is 13.3. The Balaban J connectivity index is 2.26. The van der Waals surface area contributed by atoms with Crippen LogP contribution in [0.2, 0.25) is 0 Å². The number of likely N-dealkylation sites (N-methyl/N-ethyl adjacent to an activating group) is 1. The van der Waals surface area contributed by atoms with Crippen molar-refractivity contribution >= 4 is 46.1 Å². The van der Waals surface area contributed by atoms with Gasteiger partial charge in [-0.15, -0.1) is 0 Å². The second-order valence-corrected chi connectivity index (χ2v) is 9.95. The zero-order valence-electron chi connectivity index (χ0n) is 18.7. The number of carbonyl (C=O) groups is 1. The van der Waals surface area contributed by atoms with Crippen LogP contribution >= 0.6 is 24.0 Å². The highest BCUT2D eigenvalue weighted by molar-refractivity contribution is 8.26. The van der Waals surface area contributed by atoms with Crippen LogP contribution in [-0.2, 0) is 11.3 Å². The minimum atomic E-state index is -0.236. The van der Waals surface area contributed by atoms with E-state index < -0.39 is 0 Å². The van der Waals surface area contributed by atoms with Crippen molar-refractivity contribution in [3.05, 3.63) is 31.9 Å². The topological polar surface area (TPSA) is 69.3 Å². The van der Waals surface area contributed by atoms with Gasteiger partial charge in [-0.05, 0) is 50.7 Å². The number of pyridine rings is 1. The molecule has 1 amide bonds. The summed E-state index contributed by atoms with van der Waals surface area (Å²) < 4.78 is 2.31. The fourth-order valence-electron chi connectivity index (χ4n) is 4.29. The van der Waals surface area contributed by atoms with Crippen molar-refractivity contribution in [1.82, 2.24) is 9.47 Å². The third-order valence-corrected chi connectivity index (χ3v) is 7.38. The summed E-state index contributed by atoms with van der Waals surface area (Å²) in [5.74, 6) is 1.24. The Morgan fingerprint density at radius 2 is 2.06 bits per heavy atom. The predicted molar refractivity (Wildman–Crippen MR) is 131 cm³/mol. The number of unbranched alkanes of at least 4 members (excludes halogenated alkanes) is 1. The number of anilines is 1. The van der Waals surface area contributed by atoms with Gasteiger partial charge >= 0.3 is 0 Å². The SMILES string of the molecule is CCCCn1c(N2CCCC(C)C2)c(/C=C2/SC(=S)N(CC)C2=O)c(C)c(C#N)c1=O. The summed E-state index contributed by atoms with van der Waals surface area (Å²) in [4.78, 5) is 30.6. The van der Waals surface area contributed by atoms with E-state index in [1.54, 1.807) is 9.47 Å². The van der Waals surface area contributed by atoms with Crippen LogP contribution in [0.1, 0.15) is 63.1 Å². The Morgan fingerprint density at radius 1 is 1.32 bits per heavy atom. The number of thioether (sulfide) groups is 1. The highest BCUT2D eigenvalue weighted by atomic mass is 32.2. The molecule has 2 aliphatic heterocycles. The third kappa shape index (κ3) is 4.58. The van der Waals surface area contributed by atoms with E-state index in [0.29, 0.717) is 33.8 Å². The van der Waals surface area contributed by atoms with E-state index in [-0.39, 0.29) is 17.0 Å². The van der Waals surface area contributed by atoms with Gasteiger partial charge in [-0.2, -0.15) is 5.26 Å². The molecule has 6 nitrogen and oxygen atoms in total. The Kier molecular flexibility index (Phi) is 7.60. The highest BCUT2D eigenvalue weighted by Gasteiger charge is 2.32. The Morgan fingerprint density at radius 3 is 2.65 bits per heavy atom. The number of piperidine rings is 1. The zero-order valence-corrected chi connectivity index (χ0v) is 20.4. The second-order valence-electron chi connectivity index (χ2n) is 8.28. The lowest BCUT2D eigenvalue weighted by atomic mass is 9.98. The fourth-order valence-corrected chi connectivity index (χ4v) is 5.66. The van der Waals surface area contributed by atoms with Crippen molar-refractivity contribution in [2.75, 3.05) is 24.5 Å². The number of carbonyl (C=O) groups excluding carboxylic acids is 1. The van der Waals surface area contributed by atoms with Gasteiger partial charge in [0, 0.05) is 31.7 Å². The monoisotopic (exact) mass is 458 g/mol. The summed E-state index contributed by atoms with van der Waals surface area (Å²) in [5, 5.41) is 9.75. The van der Waals surface area contributed by atoms with Crippen LogP contribution in [-0.4, -0.2) is 39.3 Å². The molecule has 166 valence electrons. The fraction of sp³-hybridized carbons (Fsp3) is 0.565. The molecule has 8 heteroatoms. The normalized spacial score (nSPS) is 20.6. The van der Waals surface area contributed by atoms with Crippen molar-refractivity contribution in [2.24, 2.45) is 5.92 Å². The largest absolute Gasteiger partial charge is 0.357 e. The van der Waals surface area contributed by atoms with Gasteiger partial charge < -0.3 is 4.90 Å². The van der Waals surface area contributed by atoms with Gasteiger partial charge in [0.15, 0.2) is 0 Å². The van der Waals surface area contributed by atoms with Crippen molar-refractivity contribution in [3.8, 4) is 6.07 Å². The molecule has 1 aromatic heterocycles. The molecule has 3 rings (SSSR count). The molecule has 1 unspecified atom stereocenters. The molecule has 1 aromatic rings. The lowest BCUT2D eigenvalue weighted by molar-refractivity contribution is -0.121. The quantitative estimate of drug-likeness (QED) is 0.468. The van der Waals surface area contributed by atoms with E-state index in [1.807, 2.05) is 19.9 Å². The first-order valence-corrected chi connectivity index (χ1v) is 12.2. The van der Waals surface area contributed by atoms with Crippen LogP contribution < -0.4 is 10.5 Å². The second kappa shape index (κ2) is 10.0.